The zero-order valence-corrected chi connectivity index (χ0v) is 15.6. The Morgan fingerprint density at radius 1 is 0.929 bits per heavy atom. The monoisotopic (exact) mass is 394 g/mol. The molecular weight excluding hydrogens is 370 g/mol. The van der Waals surface area contributed by atoms with Gasteiger partial charge in [0.1, 0.15) is 42.2 Å². The molecule has 7 heteroatoms. The predicted molar refractivity (Wildman–Crippen MR) is 97.8 cm³/mol. The SMILES string of the molecule is Cc1cc(F)c(Cc2cc([C@@H]3O[C@H](CO)[C@@H](O)[C@H](O)[C@H]3O)ccc2C)c(F)c1. The third-order valence-corrected chi connectivity index (χ3v) is 5.25. The first-order valence-corrected chi connectivity index (χ1v) is 9.07. The highest BCUT2D eigenvalue weighted by Gasteiger charge is 2.44. The third-order valence-electron chi connectivity index (χ3n) is 5.25. The third kappa shape index (κ3) is 3.94. The normalized spacial score (nSPS) is 27.8. The topological polar surface area (TPSA) is 90.2 Å². The van der Waals surface area contributed by atoms with Crippen molar-refractivity contribution in [2.75, 3.05) is 6.61 Å². The molecule has 1 aliphatic heterocycles. The summed E-state index contributed by atoms with van der Waals surface area (Å²) in [5.41, 5.74) is 2.35. The molecule has 0 spiro atoms. The van der Waals surface area contributed by atoms with Crippen LogP contribution in [0.4, 0.5) is 8.78 Å². The molecule has 1 saturated heterocycles. The van der Waals surface area contributed by atoms with E-state index in [4.69, 9.17) is 4.74 Å². The molecule has 4 N–H and O–H groups in total. The number of aliphatic hydroxyl groups is 4. The van der Waals surface area contributed by atoms with Crippen molar-refractivity contribution < 1.29 is 33.9 Å². The fourth-order valence-corrected chi connectivity index (χ4v) is 3.53. The Kier molecular flexibility index (Phi) is 6.12. The van der Waals surface area contributed by atoms with Gasteiger partial charge in [0.25, 0.3) is 0 Å². The van der Waals surface area contributed by atoms with Crippen molar-refractivity contribution in [3.8, 4) is 0 Å². The Bertz CT molecular complexity index is 832. The highest BCUT2D eigenvalue weighted by atomic mass is 19.1. The van der Waals surface area contributed by atoms with Crippen LogP contribution < -0.4 is 0 Å². The van der Waals surface area contributed by atoms with Crippen molar-refractivity contribution in [2.24, 2.45) is 0 Å². The summed E-state index contributed by atoms with van der Waals surface area (Å²) in [5.74, 6) is -1.26. The summed E-state index contributed by atoms with van der Waals surface area (Å²) in [6, 6.07) is 7.61. The molecule has 1 heterocycles. The molecule has 0 aromatic heterocycles. The first kappa shape index (κ1) is 20.8. The number of ether oxygens (including phenoxy) is 1. The molecular formula is C21H24F2O5. The standard InChI is InChI=1S/C21H24F2O5/c1-10-5-15(22)14(16(23)6-10)8-13-7-12(4-3-11(13)2)21-20(27)19(26)18(25)17(9-24)28-21/h3-7,17-21,24-27H,8-9H2,1-2H3/t17-,18-,19+,20-,21+/m1/s1. The second-order valence-electron chi connectivity index (χ2n) is 7.32. The van der Waals surface area contributed by atoms with Crippen LogP contribution in [0.2, 0.25) is 0 Å². The molecule has 152 valence electrons. The van der Waals surface area contributed by atoms with Crippen LogP contribution in [0.5, 0.6) is 0 Å². The largest absolute Gasteiger partial charge is 0.394 e. The number of aryl methyl sites for hydroxylation is 2. The fourth-order valence-electron chi connectivity index (χ4n) is 3.53. The van der Waals surface area contributed by atoms with Crippen LogP contribution in [0.1, 0.15) is 33.9 Å². The number of hydrogen-bond donors (Lipinski definition) is 4. The number of aliphatic hydroxyl groups excluding tert-OH is 4. The summed E-state index contributed by atoms with van der Waals surface area (Å²) >= 11 is 0. The summed E-state index contributed by atoms with van der Waals surface area (Å²) in [6.07, 6.45) is -6.37. The zero-order valence-electron chi connectivity index (χ0n) is 15.6. The van der Waals surface area contributed by atoms with E-state index < -0.39 is 48.8 Å². The molecule has 2 aromatic carbocycles. The van der Waals surface area contributed by atoms with Gasteiger partial charge in [0.05, 0.1) is 6.61 Å². The molecule has 0 bridgehead atoms. The van der Waals surface area contributed by atoms with Gasteiger partial charge < -0.3 is 25.2 Å². The van der Waals surface area contributed by atoms with E-state index in [0.717, 1.165) is 5.56 Å². The van der Waals surface area contributed by atoms with Crippen LogP contribution in [0.25, 0.3) is 0 Å². The molecule has 0 unspecified atom stereocenters. The summed E-state index contributed by atoms with van der Waals surface area (Å²) in [6.45, 7) is 2.89. The fraction of sp³-hybridized carbons (Fsp3) is 0.429. The average Bonchev–Trinajstić information content (AvgIpc) is 2.64. The van der Waals surface area contributed by atoms with Gasteiger partial charge in [-0.25, -0.2) is 8.78 Å². The Morgan fingerprint density at radius 2 is 1.57 bits per heavy atom. The van der Waals surface area contributed by atoms with E-state index in [9.17, 15) is 29.2 Å². The summed E-state index contributed by atoms with van der Waals surface area (Å²) in [5, 5.41) is 39.6. The maximum Gasteiger partial charge on any atom is 0.129 e. The highest BCUT2D eigenvalue weighted by molar-refractivity contribution is 5.38. The second-order valence-corrected chi connectivity index (χ2v) is 7.32. The van der Waals surface area contributed by atoms with Crippen LogP contribution >= 0.6 is 0 Å². The van der Waals surface area contributed by atoms with Gasteiger partial charge >= 0.3 is 0 Å². The van der Waals surface area contributed by atoms with Crippen molar-refractivity contribution >= 4 is 0 Å². The Balaban J connectivity index is 1.94. The molecule has 0 saturated carbocycles. The summed E-state index contributed by atoms with van der Waals surface area (Å²) < 4.78 is 34.1. The molecule has 0 aliphatic carbocycles. The molecule has 0 amide bonds. The Morgan fingerprint density at radius 3 is 2.18 bits per heavy atom. The molecule has 5 atom stereocenters. The number of hydrogen-bond acceptors (Lipinski definition) is 5. The van der Waals surface area contributed by atoms with Gasteiger partial charge in [-0.3, -0.25) is 0 Å². The average molecular weight is 394 g/mol. The smallest absolute Gasteiger partial charge is 0.129 e. The lowest BCUT2D eigenvalue weighted by Crippen LogP contribution is -2.55. The van der Waals surface area contributed by atoms with E-state index in [1.54, 1.807) is 32.0 Å². The van der Waals surface area contributed by atoms with Crippen molar-refractivity contribution in [3.05, 3.63) is 69.8 Å². The van der Waals surface area contributed by atoms with Crippen LogP contribution in [-0.2, 0) is 11.2 Å². The molecule has 0 radical (unpaired) electrons. The van der Waals surface area contributed by atoms with E-state index in [1.807, 2.05) is 0 Å². The predicted octanol–water partition coefficient (Wildman–Crippen LogP) is 1.69. The van der Waals surface area contributed by atoms with E-state index in [-0.39, 0.29) is 12.0 Å². The van der Waals surface area contributed by atoms with E-state index in [1.165, 1.54) is 12.1 Å². The van der Waals surface area contributed by atoms with Crippen molar-refractivity contribution in [1.82, 2.24) is 0 Å². The summed E-state index contributed by atoms with van der Waals surface area (Å²) in [4.78, 5) is 0. The van der Waals surface area contributed by atoms with Gasteiger partial charge in [-0.05, 0) is 48.2 Å². The van der Waals surface area contributed by atoms with Gasteiger partial charge in [-0.1, -0.05) is 18.2 Å². The highest BCUT2D eigenvalue weighted by Crippen LogP contribution is 2.33. The lowest BCUT2D eigenvalue weighted by Gasteiger charge is -2.40. The van der Waals surface area contributed by atoms with Crippen LogP contribution in [0.3, 0.4) is 0 Å². The first-order valence-electron chi connectivity index (χ1n) is 9.07. The maximum absolute atomic E-state index is 14.2. The molecule has 5 nitrogen and oxygen atoms in total. The molecule has 1 aliphatic rings. The molecule has 3 rings (SSSR count). The van der Waals surface area contributed by atoms with Gasteiger partial charge in [0, 0.05) is 12.0 Å². The Hall–Kier alpha value is -1.90. The maximum atomic E-state index is 14.2. The molecule has 1 fully saturated rings. The van der Waals surface area contributed by atoms with Crippen LogP contribution in [0, 0.1) is 25.5 Å². The van der Waals surface area contributed by atoms with Crippen molar-refractivity contribution in [2.45, 2.75) is 50.8 Å². The van der Waals surface area contributed by atoms with Gasteiger partial charge in [0.2, 0.25) is 0 Å². The molecule has 2 aromatic rings. The van der Waals surface area contributed by atoms with Crippen LogP contribution in [-0.4, -0.2) is 51.4 Å². The number of halogens is 2. The lowest BCUT2D eigenvalue weighted by molar-refractivity contribution is -0.231. The van der Waals surface area contributed by atoms with E-state index >= 15 is 0 Å². The molecule has 28 heavy (non-hydrogen) atoms. The Labute approximate surface area is 161 Å². The van der Waals surface area contributed by atoms with E-state index in [0.29, 0.717) is 16.7 Å². The number of rotatable bonds is 4. The number of benzene rings is 2. The lowest BCUT2D eigenvalue weighted by atomic mass is 9.89. The second kappa shape index (κ2) is 8.23. The van der Waals surface area contributed by atoms with Gasteiger partial charge in [-0.2, -0.15) is 0 Å². The minimum absolute atomic E-state index is 0.00897. The first-order chi connectivity index (χ1) is 13.2. The summed E-state index contributed by atoms with van der Waals surface area (Å²) in [7, 11) is 0. The quantitative estimate of drug-likeness (QED) is 0.634. The minimum atomic E-state index is -1.49. The van der Waals surface area contributed by atoms with Crippen molar-refractivity contribution in [1.29, 1.82) is 0 Å². The zero-order chi connectivity index (χ0) is 20.6. The van der Waals surface area contributed by atoms with Gasteiger partial charge in [0.15, 0.2) is 0 Å². The van der Waals surface area contributed by atoms with Crippen LogP contribution in [0.15, 0.2) is 30.3 Å². The van der Waals surface area contributed by atoms with Crippen molar-refractivity contribution in [3.63, 3.8) is 0 Å². The van der Waals surface area contributed by atoms with Gasteiger partial charge in [-0.15, -0.1) is 0 Å². The minimum Gasteiger partial charge on any atom is -0.394 e. The van der Waals surface area contributed by atoms with E-state index in [2.05, 4.69) is 0 Å².